The molecule has 9 nitrogen and oxygen atoms in total. The zero-order valence-electron chi connectivity index (χ0n) is 18.2. The van der Waals surface area contributed by atoms with Gasteiger partial charge in [0.05, 0.1) is 7.11 Å². The number of benzene rings is 2. The minimum absolute atomic E-state index is 0.254. The molecule has 1 aliphatic heterocycles. The van der Waals surface area contributed by atoms with E-state index in [1.165, 1.54) is 6.33 Å². The topological polar surface area (TPSA) is 109 Å². The van der Waals surface area contributed by atoms with Crippen LogP contribution in [0.3, 0.4) is 0 Å². The number of carbonyl (C=O) groups is 1. The van der Waals surface area contributed by atoms with Crippen molar-refractivity contribution in [3.8, 4) is 5.75 Å². The van der Waals surface area contributed by atoms with Crippen LogP contribution in [0.4, 0.5) is 23.0 Å². The van der Waals surface area contributed by atoms with Gasteiger partial charge in [-0.05, 0) is 42.8 Å². The number of piperazine rings is 1. The molecule has 2 heterocycles. The number of anilines is 4. The van der Waals surface area contributed by atoms with Crippen LogP contribution in [0.1, 0.15) is 15.9 Å². The molecule has 1 amide bonds. The fourth-order valence-electron chi connectivity index (χ4n) is 3.72. The highest BCUT2D eigenvalue weighted by atomic mass is 16.5. The second-order valence-electron chi connectivity index (χ2n) is 7.53. The number of hydrogen-bond acceptors (Lipinski definition) is 8. The molecule has 1 fully saturated rings. The van der Waals surface area contributed by atoms with Crippen LogP contribution in [-0.4, -0.2) is 49.2 Å². The fourth-order valence-corrected chi connectivity index (χ4v) is 3.72. The van der Waals surface area contributed by atoms with Crippen LogP contribution >= 0.6 is 0 Å². The Hall–Kier alpha value is -4.01. The average Bonchev–Trinajstić information content (AvgIpc) is 2.84. The second-order valence-corrected chi connectivity index (χ2v) is 7.53. The number of aryl methyl sites for hydroxylation is 1. The molecule has 0 spiro atoms. The first-order valence-electron chi connectivity index (χ1n) is 10.4. The molecular weight excluding hydrogens is 406 g/mol. The number of amides is 1. The third-order valence-electron chi connectivity index (χ3n) is 5.56. The number of aromatic nitrogens is 2. The van der Waals surface area contributed by atoms with Crippen molar-refractivity contribution in [2.75, 3.05) is 54.2 Å². The number of ether oxygens (including phenoxy) is 1. The molecule has 0 atom stereocenters. The lowest BCUT2D eigenvalue weighted by atomic mass is 10.1. The number of hydrogen-bond donors (Lipinski definition) is 3. The number of nitrogen functional groups attached to an aromatic ring is 1. The molecule has 9 heteroatoms. The summed E-state index contributed by atoms with van der Waals surface area (Å²) in [6.45, 7) is 5.09. The monoisotopic (exact) mass is 433 g/mol. The SMILES string of the molecule is COc1ccc(N2CCN(c3ncnc(NNC(=O)c4ccccc4C)c3N)CC2)cc1. The number of nitrogens with one attached hydrogen (secondary N) is 2. The van der Waals surface area contributed by atoms with Gasteiger partial charge in [-0.1, -0.05) is 18.2 Å². The van der Waals surface area contributed by atoms with E-state index in [0.29, 0.717) is 22.9 Å². The van der Waals surface area contributed by atoms with E-state index in [4.69, 9.17) is 10.5 Å². The lowest BCUT2D eigenvalue weighted by molar-refractivity contribution is 0.0962. The van der Waals surface area contributed by atoms with Crippen LogP contribution in [-0.2, 0) is 0 Å². The lowest BCUT2D eigenvalue weighted by Gasteiger charge is -2.37. The molecule has 166 valence electrons. The summed E-state index contributed by atoms with van der Waals surface area (Å²) in [5.74, 6) is 1.61. The summed E-state index contributed by atoms with van der Waals surface area (Å²) in [4.78, 5) is 25.5. The Bertz CT molecular complexity index is 1080. The quantitative estimate of drug-likeness (QED) is 0.509. The van der Waals surface area contributed by atoms with Crippen molar-refractivity contribution in [2.45, 2.75) is 6.92 Å². The van der Waals surface area contributed by atoms with Crippen molar-refractivity contribution in [3.05, 3.63) is 66.0 Å². The predicted molar refractivity (Wildman–Crippen MR) is 126 cm³/mol. The summed E-state index contributed by atoms with van der Waals surface area (Å²) in [5, 5.41) is 0. The summed E-state index contributed by atoms with van der Waals surface area (Å²) in [6, 6.07) is 15.4. The van der Waals surface area contributed by atoms with E-state index >= 15 is 0 Å². The number of nitrogens with zero attached hydrogens (tertiary/aromatic N) is 4. The van der Waals surface area contributed by atoms with Gasteiger partial charge in [-0.15, -0.1) is 0 Å². The van der Waals surface area contributed by atoms with Gasteiger partial charge < -0.3 is 20.3 Å². The standard InChI is InChI=1S/C23H27N7O2/c1-16-5-3-4-6-19(16)23(31)28-27-21-20(24)22(26-15-25-21)30-13-11-29(12-14-30)17-7-9-18(32-2)10-8-17/h3-10,15H,11-14,24H2,1-2H3,(H,28,31)(H,25,26,27). The van der Waals surface area contributed by atoms with Gasteiger partial charge in [0.2, 0.25) is 0 Å². The summed E-state index contributed by atoms with van der Waals surface area (Å²) in [7, 11) is 1.66. The number of hydrazine groups is 1. The number of rotatable bonds is 6. The summed E-state index contributed by atoms with van der Waals surface area (Å²) in [6.07, 6.45) is 1.45. The first-order chi connectivity index (χ1) is 15.6. The van der Waals surface area contributed by atoms with Crippen LogP contribution in [0.2, 0.25) is 0 Å². The van der Waals surface area contributed by atoms with E-state index in [9.17, 15) is 4.79 Å². The van der Waals surface area contributed by atoms with Gasteiger partial charge in [-0.2, -0.15) is 0 Å². The Kier molecular flexibility index (Phi) is 6.25. The van der Waals surface area contributed by atoms with E-state index in [2.05, 4.69) is 42.8 Å². The molecular formula is C23H27N7O2. The van der Waals surface area contributed by atoms with Crippen LogP contribution < -0.4 is 31.1 Å². The maximum atomic E-state index is 12.5. The Morgan fingerprint density at radius 1 is 1.00 bits per heavy atom. The first kappa shape index (κ1) is 21.2. The molecule has 1 aliphatic rings. The van der Waals surface area contributed by atoms with Gasteiger partial charge in [-0.25, -0.2) is 9.97 Å². The van der Waals surface area contributed by atoms with E-state index < -0.39 is 0 Å². The fraction of sp³-hybridized carbons (Fsp3) is 0.261. The Labute approximate surface area is 187 Å². The maximum absolute atomic E-state index is 12.5. The molecule has 0 unspecified atom stereocenters. The van der Waals surface area contributed by atoms with Crippen molar-refractivity contribution in [3.63, 3.8) is 0 Å². The average molecular weight is 434 g/mol. The molecule has 0 aliphatic carbocycles. The highest BCUT2D eigenvalue weighted by molar-refractivity contribution is 5.96. The van der Waals surface area contributed by atoms with Gasteiger partial charge >= 0.3 is 0 Å². The van der Waals surface area contributed by atoms with Crippen molar-refractivity contribution in [1.82, 2.24) is 15.4 Å². The van der Waals surface area contributed by atoms with Gasteiger partial charge in [0, 0.05) is 37.4 Å². The van der Waals surface area contributed by atoms with Crippen LogP contribution in [0.15, 0.2) is 54.9 Å². The van der Waals surface area contributed by atoms with E-state index in [-0.39, 0.29) is 5.91 Å². The molecule has 2 aromatic carbocycles. The molecule has 4 N–H and O–H groups in total. The number of methoxy groups -OCH3 is 1. The van der Waals surface area contributed by atoms with Crippen molar-refractivity contribution < 1.29 is 9.53 Å². The molecule has 0 radical (unpaired) electrons. The molecule has 0 saturated carbocycles. The van der Waals surface area contributed by atoms with E-state index in [1.54, 1.807) is 13.2 Å². The summed E-state index contributed by atoms with van der Waals surface area (Å²) < 4.78 is 5.23. The number of nitrogens with two attached hydrogens (primary N) is 1. The van der Waals surface area contributed by atoms with Crippen LogP contribution in [0.25, 0.3) is 0 Å². The van der Waals surface area contributed by atoms with E-state index in [1.807, 2.05) is 37.3 Å². The third kappa shape index (κ3) is 4.51. The molecule has 4 rings (SSSR count). The van der Waals surface area contributed by atoms with Crippen LogP contribution in [0, 0.1) is 6.92 Å². The Morgan fingerprint density at radius 3 is 2.38 bits per heavy atom. The highest BCUT2D eigenvalue weighted by Crippen LogP contribution is 2.28. The first-order valence-corrected chi connectivity index (χ1v) is 10.4. The molecule has 32 heavy (non-hydrogen) atoms. The Balaban J connectivity index is 1.39. The van der Waals surface area contributed by atoms with Crippen LogP contribution in [0.5, 0.6) is 5.75 Å². The number of carbonyl (C=O) groups excluding carboxylic acids is 1. The molecule has 0 bridgehead atoms. The van der Waals surface area contributed by atoms with Crippen molar-refractivity contribution in [1.29, 1.82) is 0 Å². The predicted octanol–water partition coefficient (Wildman–Crippen LogP) is 2.46. The molecule has 1 saturated heterocycles. The zero-order valence-corrected chi connectivity index (χ0v) is 18.2. The van der Waals surface area contributed by atoms with Gasteiger partial charge in [0.25, 0.3) is 5.91 Å². The summed E-state index contributed by atoms with van der Waals surface area (Å²) in [5.41, 5.74) is 14.9. The third-order valence-corrected chi connectivity index (χ3v) is 5.56. The minimum Gasteiger partial charge on any atom is -0.497 e. The van der Waals surface area contributed by atoms with E-state index in [0.717, 1.165) is 43.2 Å². The normalized spacial score (nSPS) is 13.6. The second kappa shape index (κ2) is 9.42. The maximum Gasteiger partial charge on any atom is 0.269 e. The largest absolute Gasteiger partial charge is 0.497 e. The zero-order chi connectivity index (χ0) is 22.5. The minimum atomic E-state index is -0.254. The molecule has 3 aromatic rings. The van der Waals surface area contributed by atoms with Gasteiger partial charge in [-0.3, -0.25) is 15.6 Å². The molecule has 1 aromatic heterocycles. The van der Waals surface area contributed by atoms with Gasteiger partial charge in [0.1, 0.15) is 17.8 Å². The smallest absolute Gasteiger partial charge is 0.269 e. The Morgan fingerprint density at radius 2 is 1.69 bits per heavy atom. The lowest BCUT2D eigenvalue weighted by Crippen LogP contribution is -2.47. The van der Waals surface area contributed by atoms with Crippen molar-refractivity contribution >= 4 is 28.9 Å². The van der Waals surface area contributed by atoms with Gasteiger partial charge in [0.15, 0.2) is 11.6 Å². The van der Waals surface area contributed by atoms with Crippen molar-refractivity contribution in [2.24, 2.45) is 0 Å². The highest BCUT2D eigenvalue weighted by Gasteiger charge is 2.22. The summed E-state index contributed by atoms with van der Waals surface area (Å²) >= 11 is 0.